The largest absolute Gasteiger partial charge is 0.290 e. The summed E-state index contributed by atoms with van der Waals surface area (Å²) in [7, 11) is -4.03. The Hall–Kier alpha value is -2.72. The fourth-order valence-corrected chi connectivity index (χ4v) is 4.21. The lowest BCUT2D eigenvalue weighted by atomic mass is 10.2. The number of nitrogens with one attached hydrogen (secondary N) is 2. The number of aromatic nitrogens is 2. The van der Waals surface area contributed by atoms with Crippen molar-refractivity contribution in [3.05, 3.63) is 86.6 Å². The van der Waals surface area contributed by atoms with Gasteiger partial charge in [0.05, 0.1) is 17.0 Å². The van der Waals surface area contributed by atoms with Crippen LogP contribution in [0.2, 0.25) is 15.1 Å². The van der Waals surface area contributed by atoms with Crippen molar-refractivity contribution in [3.8, 4) is 0 Å². The van der Waals surface area contributed by atoms with E-state index in [9.17, 15) is 18.0 Å². The van der Waals surface area contributed by atoms with Crippen LogP contribution in [-0.2, 0) is 15.6 Å². The number of sulfone groups is 1. The minimum absolute atomic E-state index is 0.199. The second kappa shape index (κ2) is 9.61. The average molecular weight is 500 g/mol. The lowest BCUT2D eigenvalue weighted by Gasteiger charge is -2.10. The maximum absolute atomic E-state index is 12.7. The summed E-state index contributed by atoms with van der Waals surface area (Å²) in [5.74, 6) is -2.02. The Balaban J connectivity index is 1.77. The highest BCUT2D eigenvalue weighted by Crippen LogP contribution is 2.22. The van der Waals surface area contributed by atoms with E-state index in [0.29, 0.717) is 10.6 Å². The van der Waals surface area contributed by atoms with Crippen molar-refractivity contribution in [2.45, 2.75) is 10.9 Å². The molecule has 0 unspecified atom stereocenters. The van der Waals surface area contributed by atoms with Gasteiger partial charge in [0, 0.05) is 15.6 Å². The van der Waals surface area contributed by atoms with Gasteiger partial charge in [0.2, 0.25) is 15.0 Å². The highest BCUT2D eigenvalue weighted by Gasteiger charge is 2.24. The van der Waals surface area contributed by atoms with Gasteiger partial charge in [-0.25, -0.2) is 18.4 Å². The van der Waals surface area contributed by atoms with E-state index in [1.54, 1.807) is 24.3 Å². The number of rotatable bonds is 5. The van der Waals surface area contributed by atoms with Crippen LogP contribution in [0.15, 0.2) is 59.9 Å². The van der Waals surface area contributed by atoms with Gasteiger partial charge in [-0.1, -0.05) is 53.0 Å². The molecule has 1 aromatic heterocycles. The zero-order chi connectivity index (χ0) is 22.6. The molecule has 31 heavy (non-hydrogen) atoms. The molecular formula is C19H13Cl3N4O4S. The Kier molecular flexibility index (Phi) is 7.11. The third-order valence-corrected chi connectivity index (χ3v) is 6.26. The number of carbonyl (C=O) groups is 2. The van der Waals surface area contributed by atoms with E-state index >= 15 is 0 Å². The molecule has 2 aromatic carbocycles. The summed E-state index contributed by atoms with van der Waals surface area (Å²) in [5, 5.41) is -0.0947. The minimum atomic E-state index is -4.03. The quantitative estimate of drug-likeness (QED) is 0.410. The molecule has 0 saturated heterocycles. The first-order valence-corrected chi connectivity index (χ1v) is 11.3. The van der Waals surface area contributed by atoms with Gasteiger partial charge >= 0.3 is 0 Å². The lowest BCUT2D eigenvalue weighted by molar-refractivity contribution is 0.0843. The number of halogens is 3. The molecule has 1 heterocycles. The second-order valence-corrected chi connectivity index (χ2v) is 9.25. The predicted octanol–water partition coefficient (Wildman–Crippen LogP) is 3.49. The van der Waals surface area contributed by atoms with Crippen LogP contribution in [-0.4, -0.2) is 30.2 Å². The molecule has 0 aliphatic heterocycles. The molecule has 12 heteroatoms. The van der Waals surface area contributed by atoms with E-state index in [1.807, 2.05) is 0 Å². The van der Waals surface area contributed by atoms with Crippen LogP contribution in [0.1, 0.15) is 26.4 Å². The molecule has 0 radical (unpaired) electrons. The van der Waals surface area contributed by atoms with Crippen molar-refractivity contribution < 1.29 is 18.0 Å². The minimum Gasteiger partial charge on any atom is -0.267 e. The zero-order valence-electron chi connectivity index (χ0n) is 15.5. The number of amides is 2. The highest BCUT2D eigenvalue weighted by atomic mass is 35.5. The predicted molar refractivity (Wildman–Crippen MR) is 116 cm³/mol. The molecule has 8 nitrogen and oxygen atoms in total. The summed E-state index contributed by atoms with van der Waals surface area (Å²) in [6, 6.07) is 12.3. The van der Waals surface area contributed by atoms with Gasteiger partial charge in [-0.2, -0.15) is 0 Å². The van der Waals surface area contributed by atoms with E-state index in [1.165, 1.54) is 24.3 Å². The Labute approximate surface area is 192 Å². The monoisotopic (exact) mass is 498 g/mol. The van der Waals surface area contributed by atoms with Crippen LogP contribution in [0.5, 0.6) is 0 Å². The Morgan fingerprint density at radius 3 is 2.19 bits per heavy atom. The fourth-order valence-electron chi connectivity index (χ4n) is 2.39. The molecule has 2 amide bonds. The molecule has 0 saturated carbocycles. The molecule has 0 spiro atoms. The topological polar surface area (TPSA) is 118 Å². The Morgan fingerprint density at radius 1 is 0.871 bits per heavy atom. The number of hydrazine groups is 1. The molecular weight excluding hydrogens is 487 g/mol. The van der Waals surface area contributed by atoms with Crippen LogP contribution in [0.25, 0.3) is 0 Å². The van der Waals surface area contributed by atoms with Gasteiger partial charge in [0.25, 0.3) is 11.8 Å². The van der Waals surface area contributed by atoms with E-state index in [0.717, 1.165) is 6.20 Å². The van der Waals surface area contributed by atoms with Gasteiger partial charge in [-0.05, 0) is 35.9 Å². The van der Waals surface area contributed by atoms with E-state index < -0.39 is 38.3 Å². The molecule has 0 atom stereocenters. The molecule has 3 rings (SSSR count). The van der Waals surface area contributed by atoms with Gasteiger partial charge in [0.15, 0.2) is 5.69 Å². The molecule has 2 N–H and O–H groups in total. The Bertz CT molecular complexity index is 1250. The first kappa shape index (κ1) is 23.0. The van der Waals surface area contributed by atoms with Gasteiger partial charge in [0.1, 0.15) is 0 Å². The SMILES string of the molecule is O=C(NNC(=O)c1nc(S(=O)(=O)Cc2ccccc2Cl)ncc1Cl)c1ccc(Cl)cc1. The summed E-state index contributed by atoms with van der Waals surface area (Å²) >= 11 is 17.7. The Morgan fingerprint density at radius 2 is 1.52 bits per heavy atom. The number of nitrogens with zero attached hydrogens (tertiary/aromatic N) is 2. The molecule has 0 bridgehead atoms. The van der Waals surface area contributed by atoms with Crippen molar-refractivity contribution in [2.24, 2.45) is 0 Å². The lowest BCUT2D eigenvalue weighted by Crippen LogP contribution is -2.42. The molecule has 0 fully saturated rings. The smallest absolute Gasteiger partial charge is 0.267 e. The average Bonchev–Trinajstić information content (AvgIpc) is 2.74. The van der Waals surface area contributed by atoms with Crippen LogP contribution in [0, 0.1) is 0 Å². The number of hydrogen-bond donors (Lipinski definition) is 2. The molecule has 160 valence electrons. The molecule has 0 aliphatic carbocycles. The first-order valence-electron chi connectivity index (χ1n) is 8.52. The van der Waals surface area contributed by atoms with Crippen LogP contribution in [0.3, 0.4) is 0 Å². The summed E-state index contributed by atoms with van der Waals surface area (Å²) < 4.78 is 25.4. The van der Waals surface area contributed by atoms with Crippen molar-refractivity contribution in [1.82, 2.24) is 20.8 Å². The van der Waals surface area contributed by atoms with Crippen molar-refractivity contribution in [3.63, 3.8) is 0 Å². The standard InChI is InChI=1S/C19H13Cl3N4O4S/c20-13-7-5-11(6-8-13)17(27)25-26-18(28)16-15(22)9-23-19(24-16)31(29,30)10-12-3-1-2-4-14(12)21/h1-9H,10H2,(H,25,27)(H,26,28). The third-order valence-electron chi connectivity index (χ3n) is 3.91. The number of hydrogen-bond acceptors (Lipinski definition) is 6. The third kappa shape index (κ3) is 5.71. The van der Waals surface area contributed by atoms with Crippen molar-refractivity contribution in [1.29, 1.82) is 0 Å². The van der Waals surface area contributed by atoms with Gasteiger partial charge in [-0.15, -0.1) is 0 Å². The van der Waals surface area contributed by atoms with Gasteiger partial charge in [-0.3, -0.25) is 20.4 Å². The summed E-state index contributed by atoms with van der Waals surface area (Å²) in [4.78, 5) is 32.0. The summed E-state index contributed by atoms with van der Waals surface area (Å²) in [5.41, 5.74) is 4.47. The maximum Gasteiger partial charge on any atom is 0.290 e. The normalized spacial score (nSPS) is 11.1. The van der Waals surface area contributed by atoms with Crippen LogP contribution >= 0.6 is 34.8 Å². The maximum atomic E-state index is 12.7. The van der Waals surface area contributed by atoms with Gasteiger partial charge < -0.3 is 0 Å². The highest BCUT2D eigenvalue weighted by molar-refractivity contribution is 7.90. The van der Waals surface area contributed by atoms with E-state index in [-0.39, 0.29) is 15.6 Å². The van der Waals surface area contributed by atoms with Crippen LogP contribution < -0.4 is 10.9 Å². The second-order valence-electron chi connectivity index (χ2n) is 6.11. The van der Waals surface area contributed by atoms with Crippen molar-refractivity contribution in [2.75, 3.05) is 0 Å². The van der Waals surface area contributed by atoms with Crippen molar-refractivity contribution >= 4 is 56.5 Å². The first-order chi connectivity index (χ1) is 14.7. The fraction of sp³-hybridized carbons (Fsp3) is 0.0526. The zero-order valence-corrected chi connectivity index (χ0v) is 18.6. The number of carbonyl (C=O) groups excluding carboxylic acids is 2. The van der Waals surface area contributed by atoms with Crippen LogP contribution in [0.4, 0.5) is 0 Å². The van der Waals surface area contributed by atoms with E-state index in [4.69, 9.17) is 34.8 Å². The molecule has 3 aromatic rings. The van der Waals surface area contributed by atoms with E-state index in [2.05, 4.69) is 20.8 Å². The summed E-state index contributed by atoms with van der Waals surface area (Å²) in [6.07, 6.45) is 0.990. The molecule has 0 aliphatic rings. The number of benzene rings is 2. The summed E-state index contributed by atoms with van der Waals surface area (Å²) in [6.45, 7) is 0.